The number of nitrogens with two attached hydrogens (primary N) is 1. The van der Waals surface area contributed by atoms with Crippen LogP contribution in [-0.2, 0) is 0 Å². The molecule has 3 aromatic rings. The molecule has 0 bridgehead atoms. The average Bonchev–Trinajstić information content (AvgIpc) is 2.80. The van der Waals surface area contributed by atoms with Crippen molar-refractivity contribution >= 4 is 11.9 Å². The van der Waals surface area contributed by atoms with Crippen molar-refractivity contribution in [3.63, 3.8) is 0 Å². The van der Waals surface area contributed by atoms with Crippen LogP contribution in [0.15, 0.2) is 91.0 Å². The highest BCUT2D eigenvalue weighted by atomic mass is 16.4. The second-order valence-corrected chi connectivity index (χ2v) is 6.04. The number of carbonyl (C=O) groups is 2. The zero-order valence-corrected chi connectivity index (χ0v) is 16.2. The van der Waals surface area contributed by atoms with Gasteiger partial charge in [0.1, 0.15) is 0 Å². The normalized spacial score (nSPS) is 11.6. The summed E-state index contributed by atoms with van der Waals surface area (Å²) in [6, 6.07) is 25.0. The molecule has 0 aliphatic carbocycles. The molecule has 3 aromatic carbocycles. The van der Waals surface area contributed by atoms with Crippen LogP contribution < -0.4 is 5.73 Å². The summed E-state index contributed by atoms with van der Waals surface area (Å²) in [5.41, 5.74) is 6.85. The zero-order chi connectivity index (χ0) is 22.4. The molecule has 3 rings (SSSR count). The van der Waals surface area contributed by atoms with Crippen molar-refractivity contribution in [1.82, 2.24) is 0 Å². The van der Waals surface area contributed by atoms with E-state index in [1.54, 1.807) is 72.8 Å². The molecule has 0 unspecified atom stereocenters. The standard InChI is InChI=1S/C9H13NO2.2C7H6O2/c10-8(6-11)9(12)7-4-2-1-3-5-7;2*8-7(9)6-4-2-1-3-5-6/h1-5,8-9,11-12H,6,10H2;2*1-5H,(H,8,9)/t8-,9-;;/m0../s1. The van der Waals surface area contributed by atoms with Crippen molar-refractivity contribution in [2.24, 2.45) is 5.73 Å². The van der Waals surface area contributed by atoms with Gasteiger partial charge in [0.2, 0.25) is 0 Å². The Morgan fingerprint density at radius 2 is 1.03 bits per heavy atom. The quantitative estimate of drug-likeness (QED) is 0.435. The van der Waals surface area contributed by atoms with E-state index in [2.05, 4.69) is 0 Å². The minimum atomic E-state index is -0.879. The molecule has 6 N–H and O–H groups in total. The molecule has 0 heterocycles. The van der Waals surface area contributed by atoms with Crippen molar-refractivity contribution in [2.45, 2.75) is 12.1 Å². The number of carboxylic acids is 2. The number of rotatable bonds is 5. The highest BCUT2D eigenvalue weighted by molar-refractivity contribution is 5.87. The van der Waals surface area contributed by atoms with Gasteiger partial charge in [0.25, 0.3) is 0 Å². The van der Waals surface area contributed by atoms with Crippen LogP contribution in [0.5, 0.6) is 0 Å². The fraction of sp³-hybridized carbons (Fsp3) is 0.130. The van der Waals surface area contributed by atoms with Gasteiger partial charge in [-0.05, 0) is 29.8 Å². The molecule has 0 radical (unpaired) electrons. The van der Waals surface area contributed by atoms with E-state index in [4.69, 9.17) is 21.1 Å². The van der Waals surface area contributed by atoms with E-state index in [9.17, 15) is 14.7 Å². The third-order valence-electron chi connectivity index (χ3n) is 3.80. The first-order valence-corrected chi connectivity index (χ1v) is 9.03. The lowest BCUT2D eigenvalue weighted by molar-refractivity contribution is 0.0686. The van der Waals surface area contributed by atoms with Crippen LogP contribution in [0.3, 0.4) is 0 Å². The highest BCUT2D eigenvalue weighted by Gasteiger charge is 2.14. The lowest BCUT2D eigenvalue weighted by atomic mass is 10.0. The molecule has 7 heteroatoms. The molecule has 0 fully saturated rings. The van der Waals surface area contributed by atoms with Gasteiger partial charge in [-0.2, -0.15) is 0 Å². The van der Waals surface area contributed by atoms with Crippen LogP contribution in [0.1, 0.15) is 32.4 Å². The summed E-state index contributed by atoms with van der Waals surface area (Å²) in [7, 11) is 0. The maximum absolute atomic E-state index is 10.2. The predicted molar refractivity (Wildman–Crippen MR) is 113 cm³/mol. The van der Waals surface area contributed by atoms with E-state index in [1.807, 2.05) is 18.2 Å². The number of aliphatic hydroxyl groups is 2. The van der Waals surface area contributed by atoms with Gasteiger partial charge in [-0.25, -0.2) is 9.59 Å². The van der Waals surface area contributed by atoms with Crippen molar-refractivity contribution in [1.29, 1.82) is 0 Å². The molecule has 0 aliphatic rings. The largest absolute Gasteiger partial charge is 0.478 e. The Bertz CT molecular complexity index is 822. The smallest absolute Gasteiger partial charge is 0.335 e. The zero-order valence-electron chi connectivity index (χ0n) is 16.2. The van der Waals surface area contributed by atoms with Crippen molar-refractivity contribution in [2.75, 3.05) is 6.61 Å². The fourth-order valence-electron chi connectivity index (χ4n) is 2.16. The minimum absolute atomic E-state index is 0.212. The van der Waals surface area contributed by atoms with Gasteiger partial charge in [0.05, 0.1) is 29.9 Å². The van der Waals surface area contributed by atoms with Crippen molar-refractivity contribution in [3.8, 4) is 0 Å². The number of hydrogen-bond acceptors (Lipinski definition) is 5. The van der Waals surface area contributed by atoms with Crippen LogP contribution in [-0.4, -0.2) is 45.0 Å². The van der Waals surface area contributed by atoms with E-state index in [-0.39, 0.29) is 6.61 Å². The van der Waals surface area contributed by atoms with Crippen LogP contribution in [0, 0.1) is 0 Å². The summed E-state index contributed by atoms with van der Waals surface area (Å²) >= 11 is 0. The summed E-state index contributed by atoms with van der Waals surface area (Å²) in [5, 5.41) is 35.0. The summed E-state index contributed by atoms with van der Waals surface area (Å²) < 4.78 is 0. The van der Waals surface area contributed by atoms with Gasteiger partial charge >= 0.3 is 11.9 Å². The second kappa shape index (κ2) is 13.6. The average molecular weight is 411 g/mol. The van der Waals surface area contributed by atoms with Crippen LogP contribution >= 0.6 is 0 Å². The molecule has 158 valence electrons. The number of aliphatic hydroxyl groups excluding tert-OH is 2. The van der Waals surface area contributed by atoms with Crippen molar-refractivity contribution in [3.05, 3.63) is 108 Å². The van der Waals surface area contributed by atoms with Gasteiger partial charge in [0.15, 0.2) is 0 Å². The first-order chi connectivity index (χ1) is 14.4. The molecule has 0 spiro atoms. The lowest BCUT2D eigenvalue weighted by Gasteiger charge is -2.16. The van der Waals surface area contributed by atoms with Gasteiger partial charge in [-0.1, -0.05) is 66.7 Å². The molecule has 2 atom stereocenters. The Kier molecular flexibility index (Phi) is 11.1. The molecular weight excluding hydrogens is 386 g/mol. The third-order valence-corrected chi connectivity index (χ3v) is 3.80. The van der Waals surface area contributed by atoms with Crippen LogP contribution in [0.4, 0.5) is 0 Å². The molecule has 0 aromatic heterocycles. The Hall–Kier alpha value is -3.52. The topological polar surface area (TPSA) is 141 Å². The van der Waals surface area contributed by atoms with E-state index >= 15 is 0 Å². The Labute approximate surface area is 174 Å². The monoisotopic (exact) mass is 411 g/mol. The third kappa shape index (κ3) is 9.11. The maximum atomic E-state index is 10.2. The van der Waals surface area contributed by atoms with E-state index < -0.39 is 24.1 Å². The molecule has 0 amide bonds. The Morgan fingerprint density at radius 1 is 0.700 bits per heavy atom. The molecular formula is C23H25NO6. The number of hydrogen-bond donors (Lipinski definition) is 5. The fourth-order valence-corrected chi connectivity index (χ4v) is 2.16. The SMILES string of the molecule is N[C@@H](CO)[C@@H](O)c1ccccc1.O=C(O)c1ccccc1.O=C(O)c1ccccc1. The summed E-state index contributed by atoms with van der Waals surface area (Å²) in [4.78, 5) is 20.4. The van der Waals surface area contributed by atoms with Gasteiger partial charge in [0, 0.05) is 0 Å². The highest BCUT2D eigenvalue weighted by Crippen LogP contribution is 2.14. The molecule has 0 saturated heterocycles. The van der Waals surface area contributed by atoms with Gasteiger partial charge in [-0.15, -0.1) is 0 Å². The Balaban J connectivity index is 0.000000229. The minimum Gasteiger partial charge on any atom is -0.478 e. The second-order valence-electron chi connectivity index (χ2n) is 6.04. The Morgan fingerprint density at radius 3 is 1.30 bits per heavy atom. The molecule has 0 saturated carbocycles. The predicted octanol–water partition coefficient (Wildman–Crippen LogP) is 2.81. The number of benzene rings is 3. The summed E-state index contributed by atoms with van der Waals surface area (Å²) in [6.07, 6.45) is -0.781. The lowest BCUT2D eigenvalue weighted by Crippen LogP contribution is -2.31. The summed E-state index contributed by atoms with van der Waals surface area (Å²) in [6.45, 7) is -0.212. The maximum Gasteiger partial charge on any atom is 0.335 e. The van der Waals surface area contributed by atoms with Crippen LogP contribution in [0.2, 0.25) is 0 Å². The van der Waals surface area contributed by atoms with Crippen molar-refractivity contribution < 1.29 is 30.0 Å². The first kappa shape index (κ1) is 24.5. The first-order valence-electron chi connectivity index (χ1n) is 9.03. The molecule has 30 heavy (non-hydrogen) atoms. The number of carboxylic acid groups (broad SMARTS) is 2. The van der Waals surface area contributed by atoms with Crippen LogP contribution in [0.25, 0.3) is 0 Å². The number of aromatic carboxylic acids is 2. The molecule has 0 aliphatic heterocycles. The van der Waals surface area contributed by atoms with Gasteiger partial charge in [-0.3, -0.25) is 0 Å². The van der Waals surface area contributed by atoms with E-state index in [0.717, 1.165) is 5.56 Å². The van der Waals surface area contributed by atoms with E-state index in [1.165, 1.54) is 0 Å². The molecule has 7 nitrogen and oxygen atoms in total. The van der Waals surface area contributed by atoms with Gasteiger partial charge < -0.3 is 26.2 Å². The van der Waals surface area contributed by atoms with E-state index in [0.29, 0.717) is 11.1 Å². The summed E-state index contributed by atoms with van der Waals surface area (Å²) in [5.74, 6) is -1.76.